The Labute approximate surface area is 118 Å². The highest BCUT2D eigenvalue weighted by atomic mass is 19.1. The SMILES string of the molecule is Cc1ccc(CCC(=O)Nc2ccc(F)cc2)cc1C. The second-order valence-corrected chi connectivity index (χ2v) is 4.97. The number of amides is 1. The van der Waals surface area contributed by atoms with Gasteiger partial charge in [-0.15, -0.1) is 0 Å². The average Bonchev–Trinajstić information content (AvgIpc) is 2.43. The van der Waals surface area contributed by atoms with E-state index in [-0.39, 0.29) is 11.7 Å². The molecule has 0 atom stereocenters. The van der Waals surface area contributed by atoms with Crippen LogP contribution in [0.5, 0.6) is 0 Å². The highest BCUT2D eigenvalue weighted by Crippen LogP contribution is 2.13. The molecule has 2 aromatic rings. The van der Waals surface area contributed by atoms with Gasteiger partial charge in [0, 0.05) is 12.1 Å². The zero-order chi connectivity index (χ0) is 14.5. The molecule has 2 aromatic carbocycles. The Bertz CT molecular complexity index is 605. The molecule has 104 valence electrons. The molecule has 0 heterocycles. The Morgan fingerprint density at radius 1 is 1.05 bits per heavy atom. The van der Waals surface area contributed by atoms with Crippen molar-refractivity contribution in [3.8, 4) is 0 Å². The number of anilines is 1. The van der Waals surface area contributed by atoms with Crippen LogP contribution in [-0.4, -0.2) is 5.91 Å². The lowest BCUT2D eigenvalue weighted by atomic mass is 10.0. The van der Waals surface area contributed by atoms with Crippen LogP contribution in [0.15, 0.2) is 42.5 Å². The molecular weight excluding hydrogens is 253 g/mol. The summed E-state index contributed by atoms with van der Waals surface area (Å²) in [4.78, 5) is 11.8. The molecule has 2 nitrogen and oxygen atoms in total. The number of hydrogen-bond acceptors (Lipinski definition) is 1. The summed E-state index contributed by atoms with van der Waals surface area (Å²) in [6.07, 6.45) is 1.12. The Balaban J connectivity index is 1.88. The first-order valence-corrected chi connectivity index (χ1v) is 6.66. The molecular formula is C17H18FNO. The van der Waals surface area contributed by atoms with E-state index in [0.717, 1.165) is 5.56 Å². The van der Waals surface area contributed by atoms with Gasteiger partial charge in [-0.1, -0.05) is 18.2 Å². The number of halogens is 1. The molecule has 2 rings (SSSR count). The number of hydrogen-bond donors (Lipinski definition) is 1. The van der Waals surface area contributed by atoms with Crippen molar-refractivity contribution in [2.45, 2.75) is 26.7 Å². The average molecular weight is 271 g/mol. The normalized spacial score (nSPS) is 10.3. The number of benzene rings is 2. The van der Waals surface area contributed by atoms with E-state index in [1.165, 1.54) is 23.3 Å². The van der Waals surface area contributed by atoms with Crippen LogP contribution in [0.1, 0.15) is 23.1 Å². The number of aryl methyl sites for hydroxylation is 3. The predicted molar refractivity (Wildman–Crippen MR) is 79.3 cm³/mol. The molecule has 0 aliphatic heterocycles. The van der Waals surface area contributed by atoms with E-state index in [1.807, 2.05) is 6.07 Å². The van der Waals surface area contributed by atoms with Crippen LogP contribution in [0, 0.1) is 19.7 Å². The second kappa shape index (κ2) is 6.33. The summed E-state index contributed by atoms with van der Waals surface area (Å²) in [6, 6.07) is 12.0. The smallest absolute Gasteiger partial charge is 0.224 e. The first-order valence-electron chi connectivity index (χ1n) is 6.66. The molecule has 1 N–H and O–H groups in total. The van der Waals surface area contributed by atoms with Crippen molar-refractivity contribution in [1.29, 1.82) is 0 Å². The highest BCUT2D eigenvalue weighted by molar-refractivity contribution is 5.90. The van der Waals surface area contributed by atoms with E-state index in [9.17, 15) is 9.18 Å². The molecule has 3 heteroatoms. The molecule has 1 amide bonds. The van der Waals surface area contributed by atoms with Gasteiger partial charge in [-0.2, -0.15) is 0 Å². The fraction of sp³-hybridized carbons (Fsp3) is 0.235. The third-order valence-corrected chi connectivity index (χ3v) is 3.34. The van der Waals surface area contributed by atoms with Crippen molar-refractivity contribution in [3.05, 3.63) is 65.0 Å². The minimum Gasteiger partial charge on any atom is -0.326 e. The molecule has 0 saturated heterocycles. The van der Waals surface area contributed by atoms with Gasteiger partial charge in [0.1, 0.15) is 5.82 Å². The van der Waals surface area contributed by atoms with E-state index in [4.69, 9.17) is 0 Å². The van der Waals surface area contributed by atoms with Crippen LogP contribution >= 0.6 is 0 Å². The largest absolute Gasteiger partial charge is 0.326 e. The maximum absolute atomic E-state index is 12.8. The van der Waals surface area contributed by atoms with Gasteiger partial charge >= 0.3 is 0 Å². The van der Waals surface area contributed by atoms with E-state index in [1.54, 1.807) is 12.1 Å². The van der Waals surface area contributed by atoms with Crippen LogP contribution in [0.25, 0.3) is 0 Å². The summed E-state index contributed by atoms with van der Waals surface area (Å²) in [5.74, 6) is -0.368. The standard InChI is InChI=1S/C17H18FNO/c1-12-3-4-14(11-13(12)2)5-10-17(20)19-16-8-6-15(18)7-9-16/h3-4,6-9,11H,5,10H2,1-2H3,(H,19,20). The van der Waals surface area contributed by atoms with Crippen LogP contribution in [0.3, 0.4) is 0 Å². The lowest BCUT2D eigenvalue weighted by molar-refractivity contribution is -0.116. The van der Waals surface area contributed by atoms with E-state index < -0.39 is 0 Å². The Hall–Kier alpha value is -2.16. The Morgan fingerprint density at radius 2 is 1.75 bits per heavy atom. The maximum atomic E-state index is 12.8. The fourth-order valence-corrected chi connectivity index (χ4v) is 1.97. The van der Waals surface area contributed by atoms with E-state index in [2.05, 4.69) is 31.3 Å². The summed E-state index contributed by atoms with van der Waals surface area (Å²) < 4.78 is 12.8. The molecule has 0 spiro atoms. The maximum Gasteiger partial charge on any atom is 0.224 e. The second-order valence-electron chi connectivity index (χ2n) is 4.97. The first-order chi connectivity index (χ1) is 9.54. The zero-order valence-corrected chi connectivity index (χ0v) is 11.7. The van der Waals surface area contributed by atoms with Gasteiger partial charge in [0.25, 0.3) is 0 Å². The van der Waals surface area contributed by atoms with Crippen LogP contribution in [0.2, 0.25) is 0 Å². The molecule has 0 aliphatic carbocycles. The van der Waals surface area contributed by atoms with Crippen molar-refractivity contribution in [2.24, 2.45) is 0 Å². The minimum absolute atomic E-state index is 0.0603. The summed E-state index contributed by atoms with van der Waals surface area (Å²) in [7, 11) is 0. The van der Waals surface area contributed by atoms with Crippen molar-refractivity contribution in [3.63, 3.8) is 0 Å². The third-order valence-electron chi connectivity index (χ3n) is 3.34. The lowest BCUT2D eigenvalue weighted by Gasteiger charge is -2.07. The summed E-state index contributed by atoms with van der Waals surface area (Å²) in [5, 5.41) is 2.76. The van der Waals surface area contributed by atoms with Crippen LogP contribution < -0.4 is 5.32 Å². The molecule has 0 aromatic heterocycles. The topological polar surface area (TPSA) is 29.1 Å². The zero-order valence-electron chi connectivity index (χ0n) is 11.7. The molecule has 0 bridgehead atoms. The number of carbonyl (C=O) groups is 1. The molecule has 0 fully saturated rings. The van der Waals surface area contributed by atoms with Crippen molar-refractivity contribution in [2.75, 3.05) is 5.32 Å². The molecule has 0 radical (unpaired) electrons. The van der Waals surface area contributed by atoms with E-state index in [0.29, 0.717) is 18.5 Å². The van der Waals surface area contributed by atoms with Crippen molar-refractivity contribution >= 4 is 11.6 Å². The quantitative estimate of drug-likeness (QED) is 0.894. The van der Waals surface area contributed by atoms with Gasteiger partial charge in [-0.05, 0) is 61.2 Å². The first kappa shape index (κ1) is 14.3. The van der Waals surface area contributed by atoms with Gasteiger partial charge in [0.2, 0.25) is 5.91 Å². The predicted octanol–water partition coefficient (Wildman–Crippen LogP) is 4.01. The number of carbonyl (C=O) groups excluding carboxylic acids is 1. The van der Waals surface area contributed by atoms with E-state index >= 15 is 0 Å². The monoisotopic (exact) mass is 271 g/mol. The Morgan fingerprint density at radius 3 is 2.40 bits per heavy atom. The van der Waals surface area contributed by atoms with Gasteiger partial charge in [0.15, 0.2) is 0 Å². The number of rotatable bonds is 4. The van der Waals surface area contributed by atoms with Gasteiger partial charge in [-0.3, -0.25) is 4.79 Å². The summed E-state index contributed by atoms with van der Waals surface area (Å²) >= 11 is 0. The number of nitrogens with one attached hydrogen (secondary N) is 1. The molecule has 0 saturated carbocycles. The van der Waals surface area contributed by atoms with Crippen molar-refractivity contribution < 1.29 is 9.18 Å². The minimum atomic E-state index is -0.307. The van der Waals surface area contributed by atoms with Crippen molar-refractivity contribution in [1.82, 2.24) is 0 Å². The molecule has 20 heavy (non-hydrogen) atoms. The Kier molecular flexibility index (Phi) is 4.51. The van der Waals surface area contributed by atoms with Crippen LogP contribution in [-0.2, 0) is 11.2 Å². The summed E-state index contributed by atoms with van der Waals surface area (Å²) in [6.45, 7) is 4.14. The fourth-order valence-electron chi connectivity index (χ4n) is 1.97. The van der Waals surface area contributed by atoms with Crippen LogP contribution in [0.4, 0.5) is 10.1 Å². The van der Waals surface area contributed by atoms with Gasteiger partial charge in [0.05, 0.1) is 0 Å². The summed E-state index contributed by atoms with van der Waals surface area (Å²) in [5.41, 5.74) is 4.27. The van der Waals surface area contributed by atoms with Gasteiger partial charge in [-0.25, -0.2) is 4.39 Å². The highest BCUT2D eigenvalue weighted by Gasteiger charge is 2.04. The lowest BCUT2D eigenvalue weighted by Crippen LogP contribution is -2.12. The third kappa shape index (κ3) is 3.92. The molecule has 0 unspecified atom stereocenters. The molecule has 0 aliphatic rings. The van der Waals surface area contributed by atoms with Gasteiger partial charge < -0.3 is 5.32 Å².